The average Bonchev–Trinajstić information content (AvgIpc) is 2.06. The highest BCUT2D eigenvalue weighted by atomic mass is 14.8. The fourth-order valence-corrected chi connectivity index (χ4v) is 0.874. The van der Waals surface area contributed by atoms with Crippen molar-refractivity contribution in [3.05, 3.63) is 24.3 Å². The number of nitrogens with one attached hydrogen (secondary N) is 1. The number of hydrogen-bond donors (Lipinski definition) is 1. The van der Waals surface area contributed by atoms with Crippen LogP contribution in [0.1, 0.15) is 13.3 Å². The molecule has 12 heavy (non-hydrogen) atoms. The number of aliphatic imine (C=N–C) groups is 1. The highest BCUT2D eigenvalue weighted by molar-refractivity contribution is 5.79. The smallest absolute Gasteiger partial charge is 0.0277 e. The minimum atomic E-state index is 0.872. The van der Waals surface area contributed by atoms with E-state index in [9.17, 15) is 0 Å². The number of allylic oxidation sites excluding steroid dienone is 2. The molecule has 0 saturated carbocycles. The lowest BCUT2D eigenvalue weighted by molar-refractivity contribution is 0.723. The summed E-state index contributed by atoms with van der Waals surface area (Å²) in [6.07, 6.45) is 6.76. The van der Waals surface area contributed by atoms with Gasteiger partial charge in [0.1, 0.15) is 0 Å². The first-order valence-electron chi connectivity index (χ1n) is 4.29. The average molecular weight is 166 g/mol. The maximum absolute atomic E-state index is 3.95. The molecule has 0 aromatic carbocycles. The first-order valence-corrected chi connectivity index (χ1v) is 4.29. The first kappa shape index (κ1) is 11.1. The van der Waals surface area contributed by atoms with E-state index in [0.29, 0.717) is 0 Å². The maximum Gasteiger partial charge on any atom is 0.0277 e. The van der Waals surface area contributed by atoms with E-state index >= 15 is 0 Å². The summed E-state index contributed by atoms with van der Waals surface area (Å²) in [6, 6.07) is 0. The van der Waals surface area contributed by atoms with Gasteiger partial charge in [-0.2, -0.15) is 0 Å². The molecule has 0 aliphatic carbocycles. The van der Waals surface area contributed by atoms with Gasteiger partial charge in [-0.15, -0.1) is 0 Å². The molecule has 0 bridgehead atoms. The zero-order chi connectivity index (χ0) is 9.23. The Morgan fingerprint density at radius 2 is 2.33 bits per heavy atom. The Kier molecular flexibility index (Phi) is 7.60. The maximum atomic E-state index is 3.95. The molecule has 0 aliphatic heterocycles. The van der Waals surface area contributed by atoms with Crippen molar-refractivity contribution in [1.82, 2.24) is 5.32 Å². The lowest BCUT2D eigenvalue weighted by atomic mass is 10.2. The minimum absolute atomic E-state index is 0.872. The van der Waals surface area contributed by atoms with Crippen molar-refractivity contribution in [1.29, 1.82) is 0 Å². The van der Waals surface area contributed by atoms with E-state index in [1.165, 1.54) is 5.57 Å². The number of nitrogens with zero attached hydrogens (tertiary/aromatic N) is 1. The summed E-state index contributed by atoms with van der Waals surface area (Å²) < 4.78 is 0. The molecule has 0 rings (SSSR count). The molecule has 0 unspecified atom stereocenters. The van der Waals surface area contributed by atoms with Gasteiger partial charge in [0, 0.05) is 19.8 Å². The van der Waals surface area contributed by atoms with Crippen LogP contribution in [0.2, 0.25) is 0 Å². The first-order chi connectivity index (χ1) is 5.85. The molecule has 0 aliphatic rings. The van der Waals surface area contributed by atoms with Crippen molar-refractivity contribution in [3.63, 3.8) is 0 Å². The quantitative estimate of drug-likeness (QED) is 0.363. The van der Waals surface area contributed by atoms with Crippen LogP contribution in [0.4, 0.5) is 0 Å². The molecule has 2 heteroatoms. The summed E-state index contributed by atoms with van der Waals surface area (Å²) >= 11 is 0. The van der Waals surface area contributed by atoms with E-state index in [4.69, 9.17) is 0 Å². The summed E-state index contributed by atoms with van der Waals surface area (Å²) in [7, 11) is 1.77. The molecule has 0 radical (unpaired) electrons. The van der Waals surface area contributed by atoms with E-state index in [-0.39, 0.29) is 0 Å². The van der Waals surface area contributed by atoms with Gasteiger partial charge in [0.25, 0.3) is 0 Å². The van der Waals surface area contributed by atoms with E-state index in [2.05, 4.69) is 23.8 Å². The van der Waals surface area contributed by atoms with Gasteiger partial charge in [-0.1, -0.05) is 25.7 Å². The largest absolute Gasteiger partial charge is 0.313 e. The van der Waals surface area contributed by atoms with Crippen molar-refractivity contribution in [2.24, 2.45) is 4.99 Å². The molecule has 0 saturated heterocycles. The molecule has 0 aromatic rings. The molecule has 0 spiro atoms. The highest BCUT2D eigenvalue weighted by Crippen LogP contribution is 1.88. The van der Waals surface area contributed by atoms with Crippen LogP contribution in [-0.4, -0.2) is 26.4 Å². The second kappa shape index (κ2) is 8.21. The molecular formula is C10H18N2. The molecule has 0 atom stereocenters. The number of rotatable bonds is 6. The Labute approximate surface area is 75.1 Å². The van der Waals surface area contributed by atoms with Crippen molar-refractivity contribution >= 4 is 6.21 Å². The van der Waals surface area contributed by atoms with Crippen LogP contribution in [0.5, 0.6) is 0 Å². The van der Waals surface area contributed by atoms with Gasteiger partial charge in [-0.05, 0) is 18.5 Å². The molecule has 1 N–H and O–H groups in total. The van der Waals surface area contributed by atoms with Gasteiger partial charge in [0.05, 0.1) is 0 Å². The molecule has 0 fully saturated rings. The molecule has 0 aromatic heterocycles. The Morgan fingerprint density at radius 3 is 2.83 bits per heavy atom. The van der Waals surface area contributed by atoms with Crippen LogP contribution in [-0.2, 0) is 0 Å². The molecular weight excluding hydrogens is 148 g/mol. The summed E-state index contributed by atoms with van der Waals surface area (Å²) in [4.78, 5) is 3.95. The normalized spacial score (nSPS) is 12.3. The van der Waals surface area contributed by atoms with Crippen LogP contribution in [0.3, 0.4) is 0 Å². The fraction of sp³-hybridized carbons (Fsp3) is 0.500. The molecule has 2 nitrogen and oxygen atoms in total. The topological polar surface area (TPSA) is 24.4 Å². The van der Waals surface area contributed by atoms with Crippen LogP contribution >= 0.6 is 0 Å². The van der Waals surface area contributed by atoms with Gasteiger partial charge in [0.2, 0.25) is 0 Å². The van der Waals surface area contributed by atoms with E-state index in [0.717, 1.165) is 19.5 Å². The van der Waals surface area contributed by atoms with E-state index < -0.39 is 0 Å². The molecule has 0 amide bonds. The lowest BCUT2D eigenvalue weighted by Gasteiger charge is -2.01. The molecule has 68 valence electrons. The number of hydrogen-bond acceptors (Lipinski definition) is 2. The van der Waals surface area contributed by atoms with Gasteiger partial charge in [-0.25, -0.2) is 0 Å². The predicted octanol–water partition coefficient (Wildman–Crippen LogP) is 1.80. The monoisotopic (exact) mass is 166 g/mol. The third-order valence-corrected chi connectivity index (χ3v) is 1.38. The van der Waals surface area contributed by atoms with Crippen LogP contribution < -0.4 is 5.32 Å². The van der Waals surface area contributed by atoms with Gasteiger partial charge >= 0.3 is 0 Å². The van der Waals surface area contributed by atoms with E-state index in [1.54, 1.807) is 13.1 Å². The second-order valence-electron chi connectivity index (χ2n) is 2.54. The van der Waals surface area contributed by atoms with Crippen LogP contribution in [0.15, 0.2) is 29.3 Å². The van der Waals surface area contributed by atoms with Crippen molar-refractivity contribution < 1.29 is 0 Å². The summed E-state index contributed by atoms with van der Waals surface area (Å²) in [5, 5.41) is 3.30. The predicted molar refractivity (Wildman–Crippen MR) is 55.9 cm³/mol. The summed E-state index contributed by atoms with van der Waals surface area (Å²) in [5.74, 6) is 0. The van der Waals surface area contributed by atoms with Crippen molar-refractivity contribution in [2.45, 2.75) is 13.3 Å². The standard InChI is InChI=1S/C10H18N2/c1-4-6-10(8-11-3)9-12-7-5-2/h4,6,8,12H,1,5,7,9H2,2-3H3/b10-6+,11-8?. The Morgan fingerprint density at radius 1 is 1.58 bits per heavy atom. The second-order valence-corrected chi connectivity index (χ2v) is 2.54. The Hall–Kier alpha value is -0.890. The Bertz CT molecular complexity index is 169. The Balaban J connectivity index is 3.79. The third-order valence-electron chi connectivity index (χ3n) is 1.38. The SMILES string of the molecule is C=C/C=C(\C=NC)CNCCC. The van der Waals surface area contributed by atoms with Crippen LogP contribution in [0, 0.1) is 0 Å². The van der Waals surface area contributed by atoms with Gasteiger partial charge in [0.15, 0.2) is 0 Å². The third kappa shape index (κ3) is 5.86. The van der Waals surface area contributed by atoms with E-state index in [1.807, 2.05) is 12.3 Å². The summed E-state index contributed by atoms with van der Waals surface area (Å²) in [6.45, 7) is 7.72. The zero-order valence-corrected chi connectivity index (χ0v) is 8.01. The van der Waals surface area contributed by atoms with Gasteiger partial charge < -0.3 is 5.32 Å². The van der Waals surface area contributed by atoms with Gasteiger partial charge in [-0.3, -0.25) is 4.99 Å². The zero-order valence-electron chi connectivity index (χ0n) is 8.01. The highest BCUT2D eigenvalue weighted by Gasteiger charge is 1.89. The van der Waals surface area contributed by atoms with Crippen LogP contribution in [0.25, 0.3) is 0 Å². The molecule has 0 heterocycles. The minimum Gasteiger partial charge on any atom is -0.313 e. The fourth-order valence-electron chi connectivity index (χ4n) is 0.874. The lowest BCUT2D eigenvalue weighted by Crippen LogP contribution is -2.18. The van der Waals surface area contributed by atoms with Crippen molar-refractivity contribution in [3.8, 4) is 0 Å². The summed E-state index contributed by atoms with van der Waals surface area (Å²) in [5.41, 5.74) is 1.17. The van der Waals surface area contributed by atoms with Crippen molar-refractivity contribution in [2.75, 3.05) is 20.1 Å².